The van der Waals surface area contributed by atoms with Crippen LogP contribution >= 0.6 is 0 Å². The van der Waals surface area contributed by atoms with Crippen LogP contribution in [0, 0.1) is 0 Å². The lowest BCUT2D eigenvalue weighted by Crippen LogP contribution is -2.28. The van der Waals surface area contributed by atoms with E-state index in [2.05, 4.69) is 15.3 Å². The zero-order valence-corrected chi connectivity index (χ0v) is 8.18. The molecule has 1 rings (SSSR count). The van der Waals surface area contributed by atoms with Crippen LogP contribution in [0.4, 0.5) is 0 Å². The first-order valence-electron chi connectivity index (χ1n) is 4.44. The third kappa shape index (κ3) is 4.08. The molecular weight excluding hydrogens is 194 g/mol. The molecule has 0 aliphatic heterocycles. The van der Waals surface area contributed by atoms with Crippen LogP contribution in [0.1, 0.15) is 10.4 Å². The zero-order valence-electron chi connectivity index (χ0n) is 8.18. The number of nitrogens with two attached hydrogens (primary N) is 2. The van der Waals surface area contributed by atoms with Gasteiger partial charge in [-0.15, -0.1) is 0 Å². The van der Waals surface area contributed by atoms with Gasteiger partial charge in [-0.25, -0.2) is 0 Å². The maximum Gasteiger partial charge on any atom is 0.251 e. The van der Waals surface area contributed by atoms with E-state index in [-0.39, 0.29) is 11.9 Å². The molecule has 0 aliphatic rings. The van der Waals surface area contributed by atoms with Gasteiger partial charge in [0.25, 0.3) is 5.91 Å². The monoisotopic (exact) mass is 207 g/mol. The Bertz CT molecular complexity index is 345. The van der Waals surface area contributed by atoms with Gasteiger partial charge < -0.3 is 16.8 Å². The molecule has 0 radical (unpaired) electrons. The van der Waals surface area contributed by atoms with Gasteiger partial charge in [0, 0.05) is 24.5 Å². The highest BCUT2D eigenvalue weighted by Gasteiger charge is 2.02. The molecule has 1 heterocycles. The Morgan fingerprint density at radius 2 is 2.07 bits per heavy atom. The average Bonchev–Trinajstić information content (AvgIpc) is 2.25. The Morgan fingerprint density at radius 1 is 1.40 bits per heavy atom. The van der Waals surface area contributed by atoms with Gasteiger partial charge in [-0.05, 0) is 12.1 Å². The van der Waals surface area contributed by atoms with Gasteiger partial charge in [0.2, 0.25) is 0 Å². The summed E-state index contributed by atoms with van der Waals surface area (Å²) >= 11 is 0. The number of carbonyl (C=O) groups excluding carboxylic acids is 1. The van der Waals surface area contributed by atoms with Crippen molar-refractivity contribution in [2.24, 2.45) is 16.5 Å². The van der Waals surface area contributed by atoms with Crippen molar-refractivity contribution in [2.75, 3.05) is 13.1 Å². The van der Waals surface area contributed by atoms with Crippen molar-refractivity contribution in [1.82, 2.24) is 10.3 Å². The number of aliphatic imine (C=N–C) groups is 1. The number of nitrogens with zero attached hydrogens (tertiary/aromatic N) is 2. The number of guanidine groups is 1. The van der Waals surface area contributed by atoms with E-state index in [1.165, 1.54) is 0 Å². The normalized spacial score (nSPS) is 9.33. The Kier molecular flexibility index (Phi) is 4.08. The van der Waals surface area contributed by atoms with Crippen LogP contribution in [-0.4, -0.2) is 29.9 Å². The third-order valence-electron chi connectivity index (χ3n) is 1.63. The van der Waals surface area contributed by atoms with E-state index in [9.17, 15) is 4.79 Å². The fraction of sp³-hybridized carbons (Fsp3) is 0.222. The molecule has 5 N–H and O–H groups in total. The fourth-order valence-electron chi connectivity index (χ4n) is 0.960. The molecule has 80 valence electrons. The van der Waals surface area contributed by atoms with Gasteiger partial charge in [0.15, 0.2) is 5.96 Å². The summed E-state index contributed by atoms with van der Waals surface area (Å²) in [6.07, 6.45) is 3.12. The Hall–Kier alpha value is -2.11. The molecule has 6 nitrogen and oxygen atoms in total. The van der Waals surface area contributed by atoms with Crippen molar-refractivity contribution in [3.05, 3.63) is 30.1 Å². The zero-order chi connectivity index (χ0) is 11.1. The van der Waals surface area contributed by atoms with Crippen LogP contribution in [0.25, 0.3) is 0 Å². The van der Waals surface area contributed by atoms with Gasteiger partial charge >= 0.3 is 0 Å². The van der Waals surface area contributed by atoms with E-state index >= 15 is 0 Å². The van der Waals surface area contributed by atoms with Gasteiger partial charge in [-0.1, -0.05) is 0 Å². The lowest BCUT2D eigenvalue weighted by Gasteiger charge is -2.02. The summed E-state index contributed by atoms with van der Waals surface area (Å²) in [5.41, 5.74) is 10.8. The minimum Gasteiger partial charge on any atom is -0.370 e. The largest absolute Gasteiger partial charge is 0.370 e. The topological polar surface area (TPSA) is 106 Å². The van der Waals surface area contributed by atoms with E-state index in [1.54, 1.807) is 24.5 Å². The van der Waals surface area contributed by atoms with Gasteiger partial charge in [-0.2, -0.15) is 0 Å². The lowest BCUT2D eigenvalue weighted by molar-refractivity contribution is 0.0954. The highest BCUT2D eigenvalue weighted by molar-refractivity contribution is 5.93. The Balaban J connectivity index is 2.35. The van der Waals surface area contributed by atoms with Crippen LogP contribution < -0.4 is 16.8 Å². The quantitative estimate of drug-likeness (QED) is 0.337. The molecule has 0 fully saturated rings. The van der Waals surface area contributed by atoms with Crippen LogP contribution in [-0.2, 0) is 0 Å². The maximum absolute atomic E-state index is 11.4. The number of amides is 1. The SMILES string of the molecule is NC(N)=NCCNC(=O)c1ccncc1. The minimum absolute atomic E-state index is 0.0214. The summed E-state index contributed by atoms with van der Waals surface area (Å²) in [7, 11) is 0. The summed E-state index contributed by atoms with van der Waals surface area (Å²) in [6, 6.07) is 3.27. The third-order valence-corrected chi connectivity index (χ3v) is 1.63. The molecule has 1 aromatic heterocycles. The van der Waals surface area contributed by atoms with Crippen LogP contribution in [0.15, 0.2) is 29.5 Å². The van der Waals surface area contributed by atoms with Crippen LogP contribution in [0.2, 0.25) is 0 Å². The maximum atomic E-state index is 11.4. The number of hydrogen-bond donors (Lipinski definition) is 3. The summed E-state index contributed by atoms with van der Waals surface area (Å²) in [6.45, 7) is 0.776. The molecule has 1 aromatic rings. The minimum atomic E-state index is -0.164. The molecular formula is C9H13N5O. The van der Waals surface area contributed by atoms with E-state index in [0.29, 0.717) is 18.7 Å². The van der Waals surface area contributed by atoms with Crippen molar-refractivity contribution >= 4 is 11.9 Å². The molecule has 0 bridgehead atoms. The second-order valence-corrected chi connectivity index (χ2v) is 2.80. The van der Waals surface area contributed by atoms with Crippen molar-refractivity contribution in [1.29, 1.82) is 0 Å². The molecule has 6 heteroatoms. The number of carbonyl (C=O) groups is 1. The predicted molar refractivity (Wildman–Crippen MR) is 57.2 cm³/mol. The first-order chi connectivity index (χ1) is 7.20. The summed E-state index contributed by atoms with van der Waals surface area (Å²) in [5.74, 6) is -0.142. The number of rotatable bonds is 4. The van der Waals surface area contributed by atoms with Gasteiger partial charge in [0.05, 0.1) is 6.54 Å². The summed E-state index contributed by atoms with van der Waals surface area (Å²) in [5, 5.41) is 2.67. The van der Waals surface area contributed by atoms with Crippen molar-refractivity contribution in [2.45, 2.75) is 0 Å². The Morgan fingerprint density at radius 3 is 2.67 bits per heavy atom. The standard InChI is InChI=1S/C9H13N5O/c10-9(11)14-6-5-13-8(15)7-1-3-12-4-2-7/h1-4H,5-6H2,(H,13,15)(H4,10,11,14). The highest BCUT2D eigenvalue weighted by Crippen LogP contribution is 1.94. The van der Waals surface area contributed by atoms with Crippen LogP contribution in [0.3, 0.4) is 0 Å². The lowest BCUT2D eigenvalue weighted by atomic mass is 10.2. The molecule has 0 aromatic carbocycles. The van der Waals surface area contributed by atoms with E-state index in [0.717, 1.165) is 0 Å². The van der Waals surface area contributed by atoms with Gasteiger partial charge in [0.1, 0.15) is 0 Å². The van der Waals surface area contributed by atoms with Gasteiger partial charge in [-0.3, -0.25) is 14.8 Å². The van der Waals surface area contributed by atoms with Crippen molar-refractivity contribution in [3.8, 4) is 0 Å². The van der Waals surface area contributed by atoms with E-state index in [4.69, 9.17) is 11.5 Å². The molecule has 0 spiro atoms. The summed E-state index contributed by atoms with van der Waals surface area (Å²) < 4.78 is 0. The predicted octanol–water partition coefficient (Wildman–Crippen LogP) is -0.915. The van der Waals surface area contributed by atoms with Crippen molar-refractivity contribution in [3.63, 3.8) is 0 Å². The summed E-state index contributed by atoms with van der Waals surface area (Å²) in [4.78, 5) is 19.0. The van der Waals surface area contributed by atoms with Crippen molar-refractivity contribution < 1.29 is 4.79 Å². The number of hydrogen-bond acceptors (Lipinski definition) is 3. The second kappa shape index (κ2) is 5.58. The molecule has 0 unspecified atom stereocenters. The van der Waals surface area contributed by atoms with Crippen LogP contribution in [0.5, 0.6) is 0 Å². The Labute approximate surface area is 87.4 Å². The number of nitrogens with one attached hydrogen (secondary N) is 1. The number of aromatic nitrogens is 1. The smallest absolute Gasteiger partial charge is 0.251 e. The average molecular weight is 207 g/mol. The molecule has 0 saturated carbocycles. The first kappa shape index (κ1) is 11.0. The fourth-order valence-corrected chi connectivity index (χ4v) is 0.960. The molecule has 0 saturated heterocycles. The van der Waals surface area contributed by atoms with E-state index in [1.807, 2.05) is 0 Å². The molecule has 15 heavy (non-hydrogen) atoms. The molecule has 1 amide bonds. The van der Waals surface area contributed by atoms with E-state index < -0.39 is 0 Å². The highest BCUT2D eigenvalue weighted by atomic mass is 16.1. The molecule has 0 atom stereocenters. The molecule has 0 aliphatic carbocycles. The number of pyridine rings is 1. The first-order valence-corrected chi connectivity index (χ1v) is 4.44. The second-order valence-electron chi connectivity index (χ2n) is 2.80.